The molecule has 0 bridgehead atoms. The van der Waals surface area contributed by atoms with E-state index in [0.717, 1.165) is 12.8 Å². The van der Waals surface area contributed by atoms with E-state index in [0.29, 0.717) is 5.92 Å². The molecule has 3 aromatic carbocycles. The molecule has 1 unspecified atom stereocenters. The molecule has 6 aromatic rings. The first-order valence-electron chi connectivity index (χ1n) is 12.4. The molecule has 0 saturated heterocycles. The highest BCUT2D eigenvalue weighted by Crippen LogP contribution is 2.62. The summed E-state index contributed by atoms with van der Waals surface area (Å²) < 4.78 is 4.34. The van der Waals surface area contributed by atoms with Crippen molar-refractivity contribution >= 4 is 64.3 Å². The Morgan fingerprint density at radius 2 is 1.49 bits per heavy atom. The molecule has 0 saturated carbocycles. The van der Waals surface area contributed by atoms with Crippen molar-refractivity contribution in [2.24, 2.45) is 0 Å². The number of hydrogen-bond donors (Lipinski definition) is 0. The van der Waals surface area contributed by atoms with Crippen molar-refractivity contribution in [3.05, 3.63) is 83.3 Å². The molecule has 3 aromatic heterocycles. The fourth-order valence-electron chi connectivity index (χ4n) is 6.45. The second kappa shape index (κ2) is 6.61. The Balaban J connectivity index is 1.25. The lowest BCUT2D eigenvalue weighted by Gasteiger charge is -2.13. The van der Waals surface area contributed by atoms with Crippen LogP contribution in [-0.2, 0) is 0 Å². The maximum absolute atomic E-state index is 2.48. The van der Waals surface area contributed by atoms with Gasteiger partial charge < -0.3 is 0 Å². The molecule has 9 rings (SSSR count). The molecule has 3 heteroatoms. The largest absolute Gasteiger partial charge is 0.138 e. The van der Waals surface area contributed by atoms with Gasteiger partial charge >= 0.3 is 0 Å². The molecular formula is C32H20S3. The maximum Gasteiger partial charge on any atom is 0.0539 e. The van der Waals surface area contributed by atoms with E-state index in [-0.39, 0.29) is 0 Å². The molecule has 35 heavy (non-hydrogen) atoms. The lowest BCUT2D eigenvalue weighted by molar-refractivity contribution is 0.854. The van der Waals surface area contributed by atoms with Gasteiger partial charge in [-0.05, 0) is 46.9 Å². The molecule has 0 radical (unpaired) electrons. The minimum absolute atomic E-state index is 0.523. The Bertz CT molecular complexity index is 1970. The number of benzene rings is 3. The van der Waals surface area contributed by atoms with Gasteiger partial charge in [0.15, 0.2) is 0 Å². The van der Waals surface area contributed by atoms with Gasteiger partial charge in [-0.25, -0.2) is 0 Å². The number of thiophene rings is 3. The third kappa shape index (κ3) is 2.32. The summed E-state index contributed by atoms with van der Waals surface area (Å²) in [5, 5.41) is 4.37. The van der Waals surface area contributed by atoms with Crippen molar-refractivity contribution in [1.29, 1.82) is 0 Å². The van der Waals surface area contributed by atoms with Crippen LogP contribution in [0.25, 0.3) is 73.4 Å². The van der Waals surface area contributed by atoms with E-state index in [1.54, 1.807) is 0 Å². The summed E-state index contributed by atoms with van der Waals surface area (Å²) in [6.07, 6.45) is 9.46. The van der Waals surface area contributed by atoms with Crippen LogP contribution >= 0.6 is 34.0 Å². The molecule has 0 nitrogen and oxygen atoms in total. The highest BCUT2D eigenvalue weighted by atomic mass is 32.1. The van der Waals surface area contributed by atoms with Gasteiger partial charge in [-0.15, -0.1) is 34.0 Å². The van der Waals surface area contributed by atoms with E-state index < -0.39 is 0 Å². The standard InChI is InChI=1S/C32H20S3/c1-2-16-7-9-17(10-8-16)24-15-25-32(34-24)29-20-12-14-21-26-19(11-13-22(27(20)26)31(29)35-25)28-18-5-3-4-6-23(18)33-30(21)28/h3-9,11-15,17H,2,10H2,1H3. The minimum atomic E-state index is 0.523. The fourth-order valence-corrected chi connectivity index (χ4v) is 10.5. The summed E-state index contributed by atoms with van der Waals surface area (Å²) >= 11 is 5.98. The first-order valence-corrected chi connectivity index (χ1v) is 14.8. The second-order valence-electron chi connectivity index (χ2n) is 9.86. The van der Waals surface area contributed by atoms with Crippen LogP contribution in [0.4, 0.5) is 0 Å². The molecule has 3 aliphatic carbocycles. The first kappa shape index (κ1) is 19.2. The summed E-state index contributed by atoms with van der Waals surface area (Å²) in [4.78, 5) is 4.44. The smallest absolute Gasteiger partial charge is 0.0539 e. The van der Waals surface area contributed by atoms with Gasteiger partial charge in [-0.2, -0.15) is 0 Å². The van der Waals surface area contributed by atoms with Crippen molar-refractivity contribution < 1.29 is 0 Å². The summed E-state index contributed by atoms with van der Waals surface area (Å²) in [6.45, 7) is 2.24. The van der Waals surface area contributed by atoms with Crippen LogP contribution in [-0.4, -0.2) is 0 Å². The Morgan fingerprint density at radius 3 is 2.26 bits per heavy atom. The Labute approximate surface area is 215 Å². The summed E-state index contributed by atoms with van der Waals surface area (Å²) in [5.74, 6) is 0.523. The van der Waals surface area contributed by atoms with Gasteiger partial charge in [-0.3, -0.25) is 0 Å². The zero-order chi connectivity index (χ0) is 22.8. The fraction of sp³-hybridized carbons (Fsp3) is 0.125. The van der Waals surface area contributed by atoms with Crippen molar-refractivity contribution in [3.8, 4) is 43.1 Å². The van der Waals surface area contributed by atoms with Crippen LogP contribution in [0.15, 0.2) is 78.4 Å². The lowest BCUT2D eigenvalue weighted by Crippen LogP contribution is -1.95. The minimum Gasteiger partial charge on any atom is -0.138 e. The zero-order valence-electron chi connectivity index (χ0n) is 19.1. The van der Waals surface area contributed by atoms with Gasteiger partial charge in [0.05, 0.1) is 4.70 Å². The Morgan fingerprint density at radius 1 is 0.771 bits per heavy atom. The van der Waals surface area contributed by atoms with E-state index in [1.165, 1.54) is 83.8 Å². The van der Waals surface area contributed by atoms with E-state index in [2.05, 4.69) is 79.7 Å². The predicted molar refractivity (Wildman–Crippen MR) is 156 cm³/mol. The molecule has 0 spiro atoms. The molecule has 0 N–H and O–H groups in total. The normalized spacial score (nSPS) is 17.1. The van der Waals surface area contributed by atoms with Crippen molar-refractivity contribution in [1.82, 2.24) is 0 Å². The van der Waals surface area contributed by atoms with Gasteiger partial charge in [0.2, 0.25) is 0 Å². The number of hydrogen-bond acceptors (Lipinski definition) is 3. The topological polar surface area (TPSA) is 0 Å². The molecule has 0 fully saturated rings. The third-order valence-electron chi connectivity index (χ3n) is 8.12. The Kier molecular flexibility index (Phi) is 3.63. The molecule has 166 valence electrons. The second-order valence-corrected chi connectivity index (χ2v) is 13.0. The SMILES string of the molecule is CCC1=CCC(c2cc3sc4c(c3s2)-c2ccc3c5c(ccc-4c25)-c2c-3sc3ccccc23)C=C1. The highest BCUT2D eigenvalue weighted by Gasteiger charge is 2.34. The average molecular weight is 501 g/mol. The molecule has 0 amide bonds. The zero-order valence-corrected chi connectivity index (χ0v) is 21.6. The summed E-state index contributed by atoms with van der Waals surface area (Å²) in [6, 6.07) is 21.0. The maximum atomic E-state index is 2.48. The van der Waals surface area contributed by atoms with Crippen molar-refractivity contribution in [3.63, 3.8) is 0 Å². The predicted octanol–water partition coefficient (Wildman–Crippen LogP) is 11.0. The average Bonchev–Trinajstić information content (AvgIpc) is 3.67. The van der Waals surface area contributed by atoms with Crippen LogP contribution in [0.3, 0.4) is 0 Å². The highest BCUT2D eigenvalue weighted by molar-refractivity contribution is 7.31. The van der Waals surface area contributed by atoms with E-state index in [1.807, 2.05) is 34.0 Å². The number of allylic oxidation sites excluding steroid dienone is 4. The number of rotatable bonds is 2. The quantitative estimate of drug-likeness (QED) is 0.221. The van der Waals surface area contributed by atoms with Gasteiger partial charge in [0.25, 0.3) is 0 Å². The Hall–Kier alpha value is -2.98. The van der Waals surface area contributed by atoms with Crippen LogP contribution in [0.1, 0.15) is 30.6 Å². The lowest BCUT2D eigenvalue weighted by atomic mass is 9.94. The van der Waals surface area contributed by atoms with Crippen molar-refractivity contribution in [2.45, 2.75) is 25.7 Å². The molecule has 3 aliphatic rings. The van der Waals surface area contributed by atoms with Gasteiger partial charge in [0.1, 0.15) is 0 Å². The molecular weight excluding hydrogens is 481 g/mol. The third-order valence-corrected chi connectivity index (χ3v) is 11.9. The van der Waals surface area contributed by atoms with Crippen LogP contribution in [0.5, 0.6) is 0 Å². The van der Waals surface area contributed by atoms with Crippen molar-refractivity contribution in [2.75, 3.05) is 0 Å². The monoisotopic (exact) mass is 500 g/mol. The molecule has 1 atom stereocenters. The number of fused-ring (bicyclic) bond motifs is 10. The van der Waals surface area contributed by atoms with Crippen LogP contribution < -0.4 is 0 Å². The first-order chi connectivity index (χ1) is 17.3. The van der Waals surface area contributed by atoms with E-state index in [9.17, 15) is 0 Å². The van der Waals surface area contributed by atoms with E-state index >= 15 is 0 Å². The van der Waals surface area contributed by atoms with Gasteiger partial charge in [0, 0.05) is 57.6 Å². The summed E-state index contributed by atoms with van der Waals surface area (Å²) in [7, 11) is 0. The van der Waals surface area contributed by atoms with Crippen LogP contribution in [0.2, 0.25) is 0 Å². The molecule has 0 aliphatic heterocycles. The van der Waals surface area contributed by atoms with Crippen LogP contribution in [0, 0.1) is 0 Å². The summed E-state index contributed by atoms with van der Waals surface area (Å²) in [5.41, 5.74) is 10.2. The van der Waals surface area contributed by atoms with Gasteiger partial charge in [-0.1, -0.05) is 73.2 Å². The van der Waals surface area contributed by atoms with E-state index in [4.69, 9.17) is 0 Å². The molecule has 3 heterocycles.